The van der Waals surface area contributed by atoms with Crippen LogP contribution in [0.1, 0.15) is 36.6 Å². The number of benzene rings is 2. The molecule has 0 saturated carbocycles. The largest absolute Gasteiger partial charge is 0.334 e. The number of hydrogen-bond donors (Lipinski definition) is 1. The Morgan fingerprint density at radius 1 is 1.17 bits per heavy atom. The van der Waals surface area contributed by atoms with Gasteiger partial charge < -0.3 is 10.6 Å². The predicted octanol–water partition coefficient (Wildman–Crippen LogP) is 3.03. The Kier molecular flexibility index (Phi) is 5.67. The second-order valence-corrected chi connectivity index (χ2v) is 7.43. The molecular weight excluding hydrogens is 369 g/mol. The van der Waals surface area contributed by atoms with Crippen molar-refractivity contribution in [2.75, 3.05) is 6.54 Å². The van der Waals surface area contributed by atoms with Crippen LogP contribution in [0.25, 0.3) is 5.69 Å². The molecule has 2 aromatic carbocycles. The average Bonchev–Trinajstić information content (AvgIpc) is 3.40. The van der Waals surface area contributed by atoms with E-state index >= 15 is 0 Å². The summed E-state index contributed by atoms with van der Waals surface area (Å²) in [6, 6.07) is 15.8. The first kappa shape index (κ1) is 19.3. The first-order valence-corrected chi connectivity index (χ1v) is 9.88. The third-order valence-corrected chi connectivity index (χ3v) is 5.32. The molecule has 7 heteroatoms. The lowest BCUT2D eigenvalue weighted by Crippen LogP contribution is -2.36. The molecule has 1 aromatic heterocycles. The molecule has 2 heterocycles. The van der Waals surface area contributed by atoms with Crippen LogP contribution in [0.15, 0.2) is 60.8 Å². The zero-order valence-electron chi connectivity index (χ0n) is 16.1. The maximum absolute atomic E-state index is 13.8. The SMILES string of the molecule is N[C@@H](CC(=O)N1CCC[C@H]1c1cn(-c2ccccc2)nn1)Cc1ccccc1F. The van der Waals surface area contributed by atoms with E-state index in [4.69, 9.17) is 5.73 Å². The van der Waals surface area contributed by atoms with E-state index in [9.17, 15) is 9.18 Å². The van der Waals surface area contributed by atoms with E-state index in [-0.39, 0.29) is 24.2 Å². The first-order chi connectivity index (χ1) is 14.1. The summed E-state index contributed by atoms with van der Waals surface area (Å²) in [6.45, 7) is 0.675. The van der Waals surface area contributed by atoms with Crippen LogP contribution in [0.2, 0.25) is 0 Å². The molecule has 3 aromatic rings. The minimum absolute atomic E-state index is 0.0226. The van der Waals surface area contributed by atoms with Gasteiger partial charge in [-0.15, -0.1) is 5.10 Å². The molecule has 1 saturated heterocycles. The van der Waals surface area contributed by atoms with E-state index in [2.05, 4.69) is 10.3 Å². The number of halogens is 1. The summed E-state index contributed by atoms with van der Waals surface area (Å²) in [7, 11) is 0. The summed E-state index contributed by atoms with van der Waals surface area (Å²) in [5, 5.41) is 8.52. The van der Waals surface area contributed by atoms with Crippen LogP contribution in [0.4, 0.5) is 4.39 Å². The third kappa shape index (κ3) is 4.35. The molecule has 1 aliphatic rings. The number of hydrogen-bond acceptors (Lipinski definition) is 4. The number of nitrogens with two attached hydrogens (primary N) is 1. The molecule has 2 atom stereocenters. The fraction of sp³-hybridized carbons (Fsp3) is 0.318. The number of rotatable bonds is 6. The highest BCUT2D eigenvalue weighted by Gasteiger charge is 2.32. The van der Waals surface area contributed by atoms with Gasteiger partial charge >= 0.3 is 0 Å². The minimum Gasteiger partial charge on any atom is -0.334 e. The first-order valence-electron chi connectivity index (χ1n) is 9.88. The molecular formula is C22H24FN5O. The predicted molar refractivity (Wildman–Crippen MR) is 108 cm³/mol. The summed E-state index contributed by atoms with van der Waals surface area (Å²) in [6.07, 6.45) is 4.16. The van der Waals surface area contributed by atoms with E-state index in [1.165, 1.54) is 6.07 Å². The number of nitrogens with zero attached hydrogens (tertiary/aromatic N) is 4. The molecule has 0 unspecified atom stereocenters. The van der Waals surface area contributed by atoms with Gasteiger partial charge in [0.25, 0.3) is 0 Å². The normalized spacial score (nSPS) is 17.4. The van der Waals surface area contributed by atoms with E-state index in [0.717, 1.165) is 24.2 Å². The second kappa shape index (κ2) is 8.53. The van der Waals surface area contributed by atoms with Gasteiger partial charge in [-0.25, -0.2) is 9.07 Å². The van der Waals surface area contributed by atoms with Gasteiger partial charge in [-0.2, -0.15) is 0 Å². The summed E-state index contributed by atoms with van der Waals surface area (Å²) in [4.78, 5) is 14.7. The molecule has 150 valence electrons. The molecule has 1 amide bonds. The van der Waals surface area contributed by atoms with Crippen molar-refractivity contribution in [2.45, 2.75) is 37.8 Å². The van der Waals surface area contributed by atoms with Crippen LogP contribution in [-0.4, -0.2) is 38.4 Å². The zero-order valence-corrected chi connectivity index (χ0v) is 16.1. The zero-order chi connectivity index (χ0) is 20.2. The Bertz CT molecular complexity index is 974. The monoisotopic (exact) mass is 393 g/mol. The highest BCUT2D eigenvalue weighted by atomic mass is 19.1. The molecule has 0 bridgehead atoms. The Morgan fingerprint density at radius 2 is 1.93 bits per heavy atom. The second-order valence-electron chi connectivity index (χ2n) is 7.43. The van der Waals surface area contributed by atoms with Crippen molar-refractivity contribution >= 4 is 5.91 Å². The lowest BCUT2D eigenvalue weighted by molar-refractivity contribution is -0.132. The summed E-state index contributed by atoms with van der Waals surface area (Å²) < 4.78 is 15.6. The highest BCUT2D eigenvalue weighted by molar-refractivity contribution is 5.77. The molecule has 6 nitrogen and oxygen atoms in total. The smallest absolute Gasteiger partial charge is 0.224 e. The van der Waals surface area contributed by atoms with E-state index in [1.807, 2.05) is 41.4 Å². The minimum atomic E-state index is -0.430. The van der Waals surface area contributed by atoms with Gasteiger partial charge in [0.1, 0.15) is 11.5 Å². The average molecular weight is 393 g/mol. The van der Waals surface area contributed by atoms with Crippen molar-refractivity contribution in [1.29, 1.82) is 0 Å². The van der Waals surface area contributed by atoms with Gasteiger partial charge in [0.05, 0.1) is 17.9 Å². The summed E-state index contributed by atoms with van der Waals surface area (Å²) in [5.41, 5.74) is 8.40. The van der Waals surface area contributed by atoms with Gasteiger partial charge in [0.2, 0.25) is 5.91 Å². The van der Waals surface area contributed by atoms with E-state index in [0.29, 0.717) is 18.5 Å². The van der Waals surface area contributed by atoms with Gasteiger partial charge in [-0.3, -0.25) is 4.79 Å². The standard InChI is InChI=1S/C22H24FN5O/c23-19-10-5-4-7-16(19)13-17(24)14-22(29)27-12-6-11-21(27)20-15-28(26-25-20)18-8-2-1-3-9-18/h1-5,7-10,15,17,21H,6,11-14,24H2/t17-,21+/m1/s1. The van der Waals surface area contributed by atoms with Crippen molar-refractivity contribution in [3.8, 4) is 5.69 Å². The van der Waals surface area contributed by atoms with Crippen LogP contribution in [0.3, 0.4) is 0 Å². The number of carbonyl (C=O) groups excluding carboxylic acids is 1. The van der Waals surface area contributed by atoms with Crippen LogP contribution in [0.5, 0.6) is 0 Å². The molecule has 29 heavy (non-hydrogen) atoms. The van der Waals surface area contributed by atoms with Crippen molar-refractivity contribution < 1.29 is 9.18 Å². The molecule has 1 fully saturated rings. The third-order valence-electron chi connectivity index (χ3n) is 5.32. The van der Waals surface area contributed by atoms with Crippen molar-refractivity contribution in [3.63, 3.8) is 0 Å². The molecule has 4 rings (SSSR count). The Morgan fingerprint density at radius 3 is 2.72 bits per heavy atom. The van der Waals surface area contributed by atoms with Crippen molar-refractivity contribution in [1.82, 2.24) is 19.9 Å². The van der Waals surface area contributed by atoms with Crippen LogP contribution in [-0.2, 0) is 11.2 Å². The number of carbonyl (C=O) groups is 1. The quantitative estimate of drug-likeness (QED) is 0.698. The van der Waals surface area contributed by atoms with Crippen LogP contribution < -0.4 is 5.73 Å². The fourth-order valence-corrected chi connectivity index (χ4v) is 3.87. The number of likely N-dealkylation sites (tertiary alicyclic amines) is 1. The molecule has 1 aliphatic heterocycles. The fourth-order valence-electron chi connectivity index (χ4n) is 3.87. The lowest BCUT2D eigenvalue weighted by Gasteiger charge is -2.24. The van der Waals surface area contributed by atoms with Gasteiger partial charge in [-0.1, -0.05) is 41.6 Å². The van der Waals surface area contributed by atoms with Crippen molar-refractivity contribution in [3.05, 3.63) is 77.9 Å². The van der Waals surface area contributed by atoms with Crippen LogP contribution >= 0.6 is 0 Å². The van der Waals surface area contributed by atoms with Crippen LogP contribution in [0, 0.1) is 5.82 Å². The highest BCUT2D eigenvalue weighted by Crippen LogP contribution is 2.31. The Hall–Kier alpha value is -3.06. The summed E-state index contributed by atoms with van der Waals surface area (Å²) >= 11 is 0. The molecule has 0 radical (unpaired) electrons. The van der Waals surface area contributed by atoms with Gasteiger partial charge in [-0.05, 0) is 43.0 Å². The van der Waals surface area contributed by atoms with Gasteiger partial charge in [0.15, 0.2) is 0 Å². The summed E-state index contributed by atoms with van der Waals surface area (Å²) in [5.74, 6) is -0.308. The molecule has 2 N–H and O–H groups in total. The van der Waals surface area contributed by atoms with Crippen molar-refractivity contribution in [2.24, 2.45) is 5.73 Å². The maximum atomic E-state index is 13.8. The van der Waals surface area contributed by atoms with Gasteiger partial charge in [0, 0.05) is 19.0 Å². The van der Waals surface area contributed by atoms with E-state index in [1.54, 1.807) is 22.9 Å². The topological polar surface area (TPSA) is 77.0 Å². The Labute approximate surface area is 169 Å². The van der Waals surface area contributed by atoms with E-state index < -0.39 is 6.04 Å². The Balaban J connectivity index is 1.42. The lowest BCUT2D eigenvalue weighted by atomic mass is 10.0. The molecule has 0 spiro atoms. The number of aromatic nitrogens is 3. The molecule has 0 aliphatic carbocycles. The number of amides is 1. The number of para-hydroxylation sites is 1. The maximum Gasteiger partial charge on any atom is 0.224 e.